The van der Waals surface area contributed by atoms with Crippen LogP contribution in [-0.2, 0) is 11.3 Å². The van der Waals surface area contributed by atoms with Crippen LogP contribution in [-0.4, -0.2) is 33.9 Å². The van der Waals surface area contributed by atoms with Gasteiger partial charge in [0.25, 0.3) is 11.8 Å². The highest BCUT2D eigenvalue weighted by atomic mass is 16.5. The van der Waals surface area contributed by atoms with Crippen LogP contribution in [0.5, 0.6) is 0 Å². The van der Waals surface area contributed by atoms with Crippen LogP contribution < -0.4 is 10.6 Å². The summed E-state index contributed by atoms with van der Waals surface area (Å²) < 4.78 is 6.94. The third kappa shape index (κ3) is 3.61. The molecule has 0 spiro atoms. The monoisotopic (exact) mass is 441 g/mol. The lowest BCUT2D eigenvalue weighted by Crippen LogP contribution is -2.29. The SMILES string of the molecule is O=C(OCCCn1c(=O)[nH]c2ccccc21)c1ccc(N2C(=O)c3ccccc3C2=O)cc1. The van der Waals surface area contributed by atoms with Crippen molar-refractivity contribution in [2.45, 2.75) is 13.0 Å². The first-order valence-electron chi connectivity index (χ1n) is 10.5. The molecule has 164 valence electrons. The van der Waals surface area contributed by atoms with Gasteiger partial charge in [-0.1, -0.05) is 24.3 Å². The molecule has 8 heteroatoms. The summed E-state index contributed by atoms with van der Waals surface area (Å²) in [5, 5.41) is 0. The zero-order valence-electron chi connectivity index (χ0n) is 17.5. The van der Waals surface area contributed by atoms with Crippen molar-refractivity contribution >= 4 is 34.5 Å². The Morgan fingerprint density at radius 2 is 1.45 bits per heavy atom. The van der Waals surface area contributed by atoms with Gasteiger partial charge in [-0.25, -0.2) is 14.5 Å². The number of ether oxygens (including phenoxy) is 1. The topological polar surface area (TPSA) is 101 Å². The molecule has 0 fully saturated rings. The minimum absolute atomic E-state index is 0.144. The minimum atomic E-state index is -0.518. The van der Waals surface area contributed by atoms with Crippen LogP contribution in [0, 0.1) is 0 Å². The number of hydrogen-bond acceptors (Lipinski definition) is 5. The number of benzene rings is 3. The summed E-state index contributed by atoms with van der Waals surface area (Å²) in [5.41, 5.74) is 2.78. The normalized spacial score (nSPS) is 12.9. The standard InChI is InChI=1S/C25H19N3O5/c29-22-18-6-1-2-7-19(18)23(30)28(22)17-12-10-16(11-13-17)24(31)33-15-5-14-27-21-9-4-3-8-20(21)26-25(27)32/h1-4,6-13H,5,14-15H2,(H,26,32). The van der Waals surface area contributed by atoms with E-state index in [1.54, 1.807) is 41.0 Å². The van der Waals surface area contributed by atoms with Gasteiger partial charge in [-0.15, -0.1) is 0 Å². The summed E-state index contributed by atoms with van der Waals surface area (Å²) >= 11 is 0. The number of imidazole rings is 1. The molecule has 1 aliphatic heterocycles. The molecule has 1 aliphatic rings. The van der Waals surface area contributed by atoms with Crippen molar-refractivity contribution in [2.75, 3.05) is 11.5 Å². The Morgan fingerprint density at radius 3 is 2.15 bits per heavy atom. The van der Waals surface area contributed by atoms with Gasteiger partial charge in [0.2, 0.25) is 0 Å². The van der Waals surface area contributed by atoms with Crippen molar-refractivity contribution in [1.82, 2.24) is 9.55 Å². The van der Waals surface area contributed by atoms with Crippen molar-refractivity contribution in [2.24, 2.45) is 0 Å². The third-order valence-electron chi connectivity index (χ3n) is 5.60. The molecular formula is C25H19N3O5. The van der Waals surface area contributed by atoms with Crippen molar-refractivity contribution in [3.8, 4) is 0 Å². The lowest BCUT2D eigenvalue weighted by molar-refractivity contribution is 0.0496. The Kier molecular flexibility index (Phi) is 5.10. The molecule has 0 radical (unpaired) electrons. The first kappa shape index (κ1) is 20.4. The number of amides is 2. The van der Waals surface area contributed by atoms with Crippen LogP contribution in [0.1, 0.15) is 37.5 Å². The number of nitrogens with zero attached hydrogens (tertiary/aromatic N) is 2. The Morgan fingerprint density at radius 1 is 0.818 bits per heavy atom. The van der Waals surface area contributed by atoms with Gasteiger partial charge < -0.3 is 9.72 Å². The quantitative estimate of drug-likeness (QED) is 0.281. The van der Waals surface area contributed by atoms with Gasteiger partial charge in [0.15, 0.2) is 0 Å². The predicted octanol–water partition coefficient (Wildman–Crippen LogP) is 3.38. The highest BCUT2D eigenvalue weighted by Gasteiger charge is 2.36. The third-order valence-corrected chi connectivity index (χ3v) is 5.60. The smallest absolute Gasteiger partial charge is 0.338 e. The summed E-state index contributed by atoms with van der Waals surface area (Å²) in [4.78, 5) is 53.5. The summed E-state index contributed by atoms with van der Waals surface area (Å²) in [7, 11) is 0. The zero-order chi connectivity index (χ0) is 22.9. The number of para-hydroxylation sites is 2. The van der Waals surface area contributed by atoms with Crippen LogP contribution in [0.3, 0.4) is 0 Å². The average Bonchev–Trinajstić information content (AvgIpc) is 3.29. The predicted molar refractivity (Wildman–Crippen MR) is 121 cm³/mol. The minimum Gasteiger partial charge on any atom is -0.462 e. The second kappa shape index (κ2) is 8.23. The molecule has 2 amide bonds. The number of aryl methyl sites for hydroxylation is 1. The van der Waals surface area contributed by atoms with E-state index < -0.39 is 17.8 Å². The number of hydrogen-bond donors (Lipinski definition) is 1. The van der Waals surface area contributed by atoms with E-state index in [-0.39, 0.29) is 12.3 Å². The van der Waals surface area contributed by atoms with Crippen LogP contribution in [0.15, 0.2) is 77.6 Å². The second-order valence-electron chi connectivity index (χ2n) is 7.63. The van der Waals surface area contributed by atoms with E-state index in [0.29, 0.717) is 35.3 Å². The van der Waals surface area contributed by atoms with Crippen LogP contribution in [0.25, 0.3) is 11.0 Å². The van der Waals surface area contributed by atoms with Gasteiger partial charge >= 0.3 is 11.7 Å². The maximum Gasteiger partial charge on any atom is 0.338 e. The average molecular weight is 441 g/mol. The number of aromatic amines is 1. The largest absolute Gasteiger partial charge is 0.462 e. The molecule has 0 saturated heterocycles. The molecule has 1 aromatic heterocycles. The number of nitrogens with one attached hydrogen (secondary N) is 1. The van der Waals surface area contributed by atoms with Gasteiger partial charge in [-0.3, -0.25) is 14.2 Å². The van der Waals surface area contributed by atoms with E-state index in [0.717, 1.165) is 15.9 Å². The molecule has 5 rings (SSSR count). The Hall–Kier alpha value is -4.46. The van der Waals surface area contributed by atoms with Gasteiger partial charge in [-0.05, 0) is 55.0 Å². The number of aromatic nitrogens is 2. The van der Waals surface area contributed by atoms with Gasteiger partial charge in [-0.2, -0.15) is 0 Å². The number of anilines is 1. The van der Waals surface area contributed by atoms with Crippen LogP contribution >= 0.6 is 0 Å². The van der Waals surface area contributed by atoms with Gasteiger partial charge in [0.05, 0.1) is 40.0 Å². The maximum absolute atomic E-state index is 12.6. The fraction of sp³-hybridized carbons (Fsp3) is 0.120. The number of carbonyl (C=O) groups excluding carboxylic acids is 3. The lowest BCUT2D eigenvalue weighted by atomic mass is 10.1. The molecule has 0 aliphatic carbocycles. The van der Waals surface area contributed by atoms with E-state index in [1.807, 2.05) is 24.3 Å². The molecule has 0 atom stereocenters. The molecule has 8 nitrogen and oxygen atoms in total. The number of carbonyl (C=O) groups is 3. The highest BCUT2D eigenvalue weighted by Crippen LogP contribution is 2.28. The van der Waals surface area contributed by atoms with Crippen LogP contribution in [0.4, 0.5) is 5.69 Å². The molecular weight excluding hydrogens is 422 g/mol. The van der Waals surface area contributed by atoms with E-state index in [4.69, 9.17) is 4.74 Å². The van der Waals surface area contributed by atoms with Crippen molar-refractivity contribution < 1.29 is 19.1 Å². The lowest BCUT2D eigenvalue weighted by Gasteiger charge is -2.14. The van der Waals surface area contributed by atoms with E-state index in [2.05, 4.69) is 4.98 Å². The molecule has 33 heavy (non-hydrogen) atoms. The van der Waals surface area contributed by atoms with Gasteiger partial charge in [0.1, 0.15) is 0 Å². The van der Waals surface area contributed by atoms with Crippen molar-refractivity contribution in [3.05, 3.63) is 100.0 Å². The Balaban J connectivity index is 1.20. The van der Waals surface area contributed by atoms with Crippen molar-refractivity contribution in [3.63, 3.8) is 0 Å². The number of H-pyrrole nitrogens is 1. The number of esters is 1. The fourth-order valence-corrected chi connectivity index (χ4v) is 3.97. The zero-order valence-corrected chi connectivity index (χ0v) is 17.5. The summed E-state index contributed by atoms with van der Waals surface area (Å²) in [5.74, 6) is -1.30. The molecule has 0 saturated carbocycles. The molecule has 4 aromatic rings. The number of rotatable bonds is 6. The summed E-state index contributed by atoms with van der Waals surface area (Å²) in [6, 6.07) is 20.2. The van der Waals surface area contributed by atoms with Crippen LogP contribution in [0.2, 0.25) is 0 Å². The van der Waals surface area contributed by atoms with Gasteiger partial charge in [0, 0.05) is 6.54 Å². The second-order valence-corrected chi connectivity index (χ2v) is 7.63. The molecule has 0 bridgehead atoms. The highest BCUT2D eigenvalue weighted by molar-refractivity contribution is 6.34. The van der Waals surface area contributed by atoms with E-state index in [1.165, 1.54) is 12.1 Å². The Bertz CT molecular complexity index is 1410. The van der Waals surface area contributed by atoms with E-state index in [9.17, 15) is 19.2 Å². The molecule has 0 unspecified atom stereocenters. The number of imide groups is 1. The molecule has 1 N–H and O–H groups in total. The Labute approximate surface area is 188 Å². The van der Waals surface area contributed by atoms with Crippen molar-refractivity contribution in [1.29, 1.82) is 0 Å². The first-order chi connectivity index (χ1) is 16.0. The maximum atomic E-state index is 12.6. The summed E-state index contributed by atoms with van der Waals surface area (Å²) in [6.45, 7) is 0.555. The fourth-order valence-electron chi connectivity index (χ4n) is 3.97. The molecule has 2 heterocycles. The summed E-state index contributed by atoms with van der Waals surface area (Å²) in [6.07, 6.45) is 0.473. The van der Waals surface area contributed by atoms with E-state index >= 15 is 0 Å². The number of fused-ring (bicyclic) bond motifs is 2. The first-order valence-corrected chi connectivity index (χ1v) is 10.5. The molecule has 3 aromatic carbocycles.